The van der Waals surface area contributed by atoms with E-state index in [-0.39, 0.29) is 0 Å². The number of hydrogen-bond donors (Lipinski definition) is 0. The molecule has 0 bridgehead atoms. The molecule has 0 radical (unpaired) electrons. The molecule has 0 N–H and O–H groups in total. The van der Waals surface area contributed by atoms with Crippen molar-refractivity contribution in [2.45, 2.75) is 13.8 Å². The van der Waals surface area contributed by atoms with Gasteiger partial charge in [-0.15, -0.1) is 0 Å². The lowest BCUT2D eigenvalue weighted by molar-refractivity contribution is 0.895. The van der Waals surface area contributed by atoms with E-state index in [4.69, 9.17) is 0 Å². The van der Waals surface area contributed by atoms with Gasteiger partial charge < -0.3 is 0 Å². The first-order chi connectivity index (χ1) is 4.22. The van der Waals surface area contributed by atoms with Crippen LogP contribution >= 0.6 is 0 Å². The van der Waals surface area contributed by atoms with Crippen LogP contribution < -0.4 is 0 Å². The van der Waals surface area contributed by atoms with Crippen molar-refractivity contribution in [3.05, 3.63) is 37.0 Å². The smallest absolute Gasteiger partial charge is 0.00166 e. The van der Waals surface area contributed by atoms with Crippen LogP contribution in [0.25, 0.3) is 0 Å². The van der Waals surface area contributed by atoms with Gasteiger partial charge in [0.15, 0.2) is 0 Å². The minimum atomic E-state index is 0.437. The van der Waals surface area contributed by atoms with Gasteiger partial charge in [-0.05, 0) is 18.4 Å². The molecule has 0 aliphatic rings. The third-order valence-corrected chi connectivity index (χ3v) is 1.33. The molecule has 9 heavy (non-hydrogen) atoms. The van der Waals surface area contributed by atoms with E-state index >= 15 is 0 Å². The Balaban J connectivity index is 3.87. The van der Waals surface area contributed by atoms with Crippen molar-refractivity contribution in [1.82, 2.24) is 0 Å². The monoisotopic (exact) mass is 122 g/mol. The first-order valence-corrected chi connectivity index (χ1v) is 3.16. The first-order valence-electron chi connectivity index (χ1n) is 3.16. The van der Waals surface area contributed by atoms with E-state index in [0.717, 1.165) is 5.57 Å². The molecule has 0 aromatic rings. The maximum absolute atomic E-state index is 3.82. The fourth-order valence-electron chi connectivity index (χ4n) is 0.598. The third kappa shape index (κ3) is 2.91. The Kier molecular flexibility index (Phi) is 3.78. The maximum Gasteiger partial charge on any atom is -0.00166 e. The van der Waals surface area contributed by atoms with Gasteiger partial charge in [0.05, 0.1) is 0 Å². The van der Waals surface area contributed by atoms with E-state index in [1.165, 1.54) is 0 Å². The summed E-state index contributed by atoms with van der Waals surface area (Å²) in [5, 5.41) is 0. The molecule has 1 atom stereocenters. The van der Waals surface area contributed by atoms with Crippen LogP contribution in [0, 0.1) is 5.92 Å². The second kappa shape index (κ2) is 4.13. The molecule has 0 aromatic carbocycles. The highest BCUT2D eigenvalue weighted by Gasteiger charge is 1.94. The number of rotatable bonds is 3. The van der Waals surface area contributed by atoms with E-state index in [9.17, 15) is 0 Å². The standard InChI is InChI=1S/C9H14/c1-5-7-9(4)8(3)6-2/h5-7,9H,2-3H2,1,4H3/b7-5+/t9-/m1/s1. The molecule has 0 saturated heterocycles. The summed E-state index contributed by atoms with van der Waals surface area (Å²) in [6, 6.07) is 0. The Labute approximate surface area is 57.6 Å². The van der Waals surface area contributed by atoms with Gasteiger partial charge in [0.1, 0.15) is 0 Å². The van der Waals surface area contributed by atoms with Gasteiger partial charge >= 0.3 is 0 Å². The van der Waals surface area contributed by atoms with E-state index in [2.05, 4.69) is 26.2 Å². The molecule has 0 nitrogen and oxygen atoms in total. The van der Waals surface area contributed by atoms with Crippen LogP contribution in [0.3, 0.4) is 0 Å². The van der Waals surface area contributed by atoms with Gasteiger partial charge in [-0.1, -0.05) is 38.3 Å². The summed E-state index contributed by atoms with van der Waals surface area (Å²) in [4.78, 5) is 0. The molecule has 0 amide bonds. The Morgan fingerprint density at radius 2 is 2.11 bits per heavy atom. The van der Waals surface area contributed by atoms with Gasteiger partial charge in [-0.25, -0.2) is 0 Å². The van der Waals surface area contributed by atoms with Crippen molar-refractivity contribution < 1.29 is 0 Å². The molecule has 0 rings (SSSR count). The fraction of sp³-hybridized carbons (Fsp3) is 0.333. The lowest BCUT2D eigenvalue weighted by Gasteiger charge is -2.02. The molecule has 0 heterocycles. The molecule has 0 saturated carbocycles. The van der Waals surface area contributed by atoms with Crippen LogP contribution in [0.4, 0.5) is 0 Å². The van der Waals surface area contributed by atoms with E-state index in [0.29, 0.717) is 5.92 Å². The summed E-state index contributed by atoms with van der Waals surface area (Å²) in [6.07, 6.45) is 5.92. The molecule has 0 aliphatic carbocycles. The Morgan fingerprint density at radius 1 is 1.56 bits per heavy atom. The zero-order valence-corrected chi connectivity index (χ0v) is 6.22. The normalized spacial score (nSPS) is 13.6. The lowest BCUT2D eigenvalue weighted by Crippen LogP contribution is -1.88. The van der Waals surface area contributed by atoms with E-state index in [1.807, 2.05) is 13.0 Å². The second-order valence-corrected chi connectivity index (χ2v) is 2.09. The van der Waals surface area contributed by atoms with Crippen molar-refractivity contribution in [2.75, 3.05) is 0 Å². The fourth-order valence-corrected chi connectivity index (χ4v) is 0.598. The minimum absolute atomic E-state index is 0.437. The average molecular weight is 122 g/mol. The summed E-state index contributed by atoms with van der Waals surface area (Å²) in [7, 11) is 0. The quantitative estimate of drug-likeness (QED) is 0.399. The van der Waals surface area contributed by atoms with E-state index in [1.54, 1.807) is 6.08 Å². The lowest BCUT2D eigenvalue weighted by atomic mass is 10.0. The van der Waals surface area contributed by atoms with Crippen LogP contribution in [-0.2, 0) is 0 Å². The van der Waals surface area contributed by atoms with Crippen LogP contribution in [0.15, 0.2) is 37.0 Å². The highest BCUT2D eigenvalue weighted by molar-refractivity contribution is 5.18. The average Bonchev–Trinajstić information content (AvgIpc) is 1.87. The van der Waals surface area contributed by atoms with Gasteiger partial charge in [0, 0.05) is 0 Å². The minimum Gasteiger partial charge on any atom is -0.0988 e. The van der Waals surface area contributed by atoms with Crippen LogP contribution in [-0.4, -0.2) is 0 Å². The number of allylic oxidation sites excluding steroid dienone is 4. The van der Waals surface area contributed by atoms with Crippen LogP contribution in [0.1, 0.15) is 13.8 Å². The van der Waals surface area contributed by atoms with Crippen molar-refractivity contribution in [3.8, 4) is 0 Å². The molecule has 0 unspecified atom stereocenters. The Hall–Kier alpha value is -0.780. The molecule has 0 heteroatoms. The van der Waals surface area contributed by atoms with Crippen LogP contribution in [0.2, 0.25) is 0 Å². The molecular formula is C9H14. The van der Waals surface area contributed by atoms with Gasteiger partial charge in [0.25, 0.3) is 0 Å². The molecular weight excluding hydrogens is 108 g/mol. The predicted molar refractivity (Wildman–Crippen MR) is 43.3 cm³/mol. The highest BCUT2D eigenvalue weighted by atomic mass is 14.0. The van der Waals surface area contributed by atoms with Gasteiger partial charge in [0.2, 0.25) is 0 Å². The Morgan fingerprint density at radius 3 is 2.44 bits per heavy atom. The summed E-state index contributed by atoms with van der Waals surface area (Å²) < 4.78 is 0. The SMILES string of the molecule is C=CC(=C)[C@H](C)/C=C/C. The Bertz CT molecular complexity index is 129. The predicted octanol–water partition coefficient (Wildman–Crippen LogP) is 2.94. The number of hydrogen-bond acceptors (Lipinski definition) is 0. The molecule has 0 aromatic heterocycles. The summed E-state index contributed by atoms with van der Waals surface area (Å²) in [6.45, 7) is 11.6. The summed E-state index contributed by atoms with van der Waals surface area (Å²) in [5.74, 6) is 0.437. The van der Waals surface area contributed by atoms with Gasteiger partial charge in [-0.3, -0.25) is 0 Å². The second-order valence-electron chi connectivity index (χ2n) is 2.09. The van der Waals surface area contributed by atoms with E-state index < -0.39 is 0 Å². The largest absolute Gasteiger partial charge is 0.0988 e. The molecule has 50 valence electrons. The first kappa shape index (κ1) is 8.22. The zero-order chi connectivity index (χ0) is 7.28. The van der Waals surface area contributed by atoms with Crippen LogP contribution in [0.5, 0.6) is 0 Å². The molecule has 0 fully saturated rings. The van der Waals surface area contributed by atoms with Crippen molar-refractivity contribution >= 4 is 0 Å². The van der Waals surface area contributed by atoms with Crippen molar-refractivity contribution in [3.63, 3.8) is 0 Å². The maximum atomic E-state index is 3.82. The topological polar surface area (TPSA) is 0 Å². The van der Waals surface area contributed by atoms with Gasteiger partial charge in [-0.2, -0.15) is 0 Å². The zero-order valence-electron chi connectivity index (χ0n) is 6.22. The van der Waals surface area contributed by atoms with Crippen molar-refractivity contribution in [1.29, 1.82) is 0 Å². The molecule has 0 spiro atoms. The molecule has 0 aliphatic heterocycles. The highest BCUT2D eigenvalue weighted by Crippen LogP contribution is 2.09. The summed E-state index contributed by atoms with van der Waals surface area (Å²) >= 11 is 0. The van der Waals surface area contributed by atoms with Crippen molar-refractivity contribution in [2.24, 2.45) is 5.92 Å². The third-order valence-electron chi connectivity index (χ3n) is 1.33. The summed E-state index contributed by atoms with van der Waals surface area (Å²) in [5.41, 5.74) is 1.08.